The Hall–Kier alpha value is -2.26. The van der Waals surface area contributed by atoms with Gasteiger partial charge >= 0.3 is 0 Å². The Balaban J connectivity index is 2.19. The number of Topliss-reactive ketones (excluding diaryl/α,β-unsaturated/α-hetero) is 1. The van der Waals surface area contributed by atoms with Gasteiger partial charge in [0.05, 0.1) is 0 Å². The molecule has 19 heavy (non-hydrogen) atoms. The number of carbonyl (C=O) groups is 2. The van der Waals surface area contributed by atoms with E-state index in [2.05, 4.69) is 12.1 Å². The second-order valence-corrected chi connectivity index (χ2v) is 5.58. The van der Waals surface area contributed by atoms with Gasteiger partial charge in [-0.25, -0.2) is 0 Å². The first-order valence-electron chi connectivity index (χ1n) is 5.97. The van der Waals surface area contributed by atoms with Gasteiger partial charge in [-0.2, -0.15) is 0 Å². The molecule has 4 rings (SSSR count). The summed E-state index contributed by atoms with van der Waals surface area (Å²) in [6, 6.07) is 11.9. The van der Waals surface area contributed by atoms with Gasteiger partial charge in [0.25, 0.3) is 0 Å². The molecule has 90 valence electrons. The van der Waals surface area contributed by atoms with Crippen molar-refractivity contribution in [1.82, 2.24) is 0 Å². The van der Waals surface area contributed by atoms with Gasteiger partial charge in [0, 0.05) is 31.3 Å². The second kappa shape index (κ2) is 3.62. The van der Waals surface area contributed by atoms with Gasteiger partial charge in [-0.1, -0.05) is 24.3 Å². The zero-order chi connectivity index (χ0) is 13.0. The maximum Gasteiger partial charge on any atom is 0.233 e. The average molecular weight is 264 g/mol. The zero-order valence-electron chi connectivity index (χ0n) is 9.84. The number of benzene rings is 2. The standard InChI is InChI=1S/C16H8O2S/c17-13-8-7-12-10(15(13)18)5-6-11-9-3-1-2-4-14(9)19-16(11)12/h1-8H. The van der Waals surface area contributed by atoms with E-state index >= 15 is 0 Å². The first kappa shape index (κ1) is 10.6. The minimum Gasteiger partial charge on any atom is -0.286 e. The number of hydrogen-bond donors (Lipinski definition) is 0. The van der Waals surface area contributed by atoms with Crippen LogP contribution in [0, 0.1) is 0 Å². The highest BCUT2D eigenvalue weighted by Crippen LogP contribution is 2.38. The fraction of sp³-hybridized carbons (Fsp3) is 0. The molecule has 0 unspecified atom stereocenters. The molecule has 0 radical (unpaired) electrons. The number of carbonyl (C=O) groups excluding carboxylic acids is 2. The molecule has 3 aromatic rings. The minimum atomic E-state index is -0.437. The van der Waals surface area contributed by atoms with Crippen LogP contribution in [-0.2, 0) is 4.79 Å². The van der Waals surface area contributed by atoms with Crippen LogP contribution >= 0.6 is 11.3 Å². The van der Waals surface area contributed by atoms with Gasteiger partial charge in [-0.05, 0) is 24.3 Å². The molecule has 0 N–H and O–H groups in total. The Labute approximate surface area is 113 Å². The Bertz CT molecular complexity index is 900. The molecule has 2 aromatic carbocycles. The number of fused-ring (bicyclic) bond motifs is 5. The molecule has 0 aliphatic heterocycles. The highest BCUT2D eigenvalue weighted by molar-refractivity contribution is 7.26. The van der Waals surface area contributed by atoms with Gasteiger partial charge < -0.3 is 0 Å². The van der Waals surface area contributed by atoms with Gasteiger partial charge in [0.2, 0.25) is 11.6 Å². The molecule has 0 bridgehead atoms. The van der Waals surface area contributed by atoms with E-state index in [1.54, 1.807) is 23.5 Å². The SMILES string of the molecule is O=C1C=Cc2c(ccc3c2sc2ccccc23)C1=O. The predicted molar refractivity (Wildman–Crippen MR) is 77.7 cm³/mol. The van der Waals surface area contributed by atoms with Crippen molar-refractivity contribution >= 4 is 49.2 Å². The van der Waals surface area contributed by atoms with Crippen LogP contribution in [0.1, 0.15) is 15.9 Å². The summed E-state index contributed by atoms with van der Waals surface area (Å²) < 4.78 is 2.28. The molecule has 0 atom stereocenters. The van der Waals surface area contributed by atoms with E-state index in [0.717, 1.165) is 15.6 Å². The molecule has 1 aliphatic carbocycles. The second-order valence-electron chi connectivity index (χ2n) is 4.53. The third kappa shape index (κ3) is 1.36. The molecule has 1 aromatic heterocycles. The zero-order valence-corrected chi connectivity index (χ0v) is 10.7. The monoisotopic (exact) mass is 264 g/mol. The topological polar surface area (TPSA) is 34.1 Å². The quantitative estimate of drug-likeness (QED) is 0.578. The summed E-state index contributed by atoms with van der Waals surface area (Å²) in [4.78, 5) is 23.3. The van der Waals surface area contributed by atoms with E-state index in [1.807, 2.05) is 18.2 Å². The van der Waals surface area contributed by atoms with Crippen molar-refractivity contribution in [2.24, 2.45) is 0 Å². The molecule has 0 spiro atoms. The molecule has 2 nitrogen and oxygen atoms in total. The van der Waals surface area contributed by atoms with Crippen molar-refractivity contribution in [1.29, 1.82) is 0 Å². The first-order valence-corrected chi connectivity index (χ1v) is 6.78. The molecular formula is C16H8O2S. The summed E-state index contributed by atoms with van der Waals surface area (Å²) in [6.07, 6.45) is 3.13. The largest absolute Gasteiger partial charge is 0.286 e. The Morgan fingerprint density at radius 2 is 1.68 bits per heavy atom. The van der Waals surface area contributed by atoms with E-state index in [1.165, 1.54) is 16.2 Å². The van der Waals surface area contributed by atoms with Crippen LogP contribution in [-0.4, -0.2) is 11.6 Å². The number of thiophene rings is 1. The molecular weight excluding hydrogens is 256 g/mol. The first-order chi connectivity index (χ1) is 9.25. The fourth-order valence-corrected chi connectivity index (χ4v) is 3.77. The molecule has 0 amide bonds. The van der Waals surface area contributed by atoms with Crippen molar-refractivity contribution in [2.75, 3.05) is 0 Å². The van der Waals surface area contributed by atoms with Gasteiger partial charge in [0.15, 0.2) is 0 Å². The van der Waals surface area contributed by atoms with Crippen molar-refractivity contribution in [2.45, 2.75) is 0 Å². The molecule has 1 heterocycles. The Kier molecular flexibility index (Phi) is 2.03. The van der Waals surface area contributed by atoms with Gasteiger partial charge in [0.1, 0.15) is 0 Å². The van der Waals surface area contributed by atoms with E-state index in [4.69, 9.17) is 0 Å². The lowest BCUT2D eigenvalue weighted by molar-refractivity contribution is -0.110. The van der Waals surface area contributed by atoms with Crippen LogP contribution < -0.4 is 0 Å². The molecule has 1 aliphatic rings. The predicted octanol–water partition coefficient (Wildman–Crippen LogP) is 3.83. The van der Waals surface area contributed by atoms with E-state index in [9.17, 15) is 9.59 Å². The van der Waals surface area contributed by atoms with E-state index in [0.29, 0.717) is 5.56 Å². The number of allylic oxidation sites excluding steroid dienone is 1. The van der Waals surface area contributed by atoms with Crippen LogP contribution in [0.25, 0.3) is 26.2 Å². The lowest BCUT2D eigenvalue weighted by Gasteiger charge is -2.08. The summed E-state index contributed by atoms with van der Waals surface area (Å²) in [7, 11) is 0. The fourth-order valence-electron chi connectivity index (χ4n) is 2.54. The molecule has 0 saturated carbocycles. The summed E-state index contributed by atoms with van der Waals surface area (Å²) in [6.45, 7) is 0. The van der Waals surface area contributed by atoms with Crippen LogP contribution in [0.2, 0.25) is 0 Å². The molecule has 3 heteroatoms. The lowest BCUT2D eigenvalue weighted by atomic mass is 9.94. The maximum absolute atomic E-state index is 11.9. The van der Waals surface area contributed by atoms with Crippen molar-refractivity contribution in [3.05, 3.63) is 53.6 Å². The highest BCUT2D eigenvalue weighted by atomic mass is 32.1. The smallest absolute Gasteiger partial charge is 0.233 e. The summed E-state index contributed by atoms with van der Waals surface area (Å²) in [5.41, 5.74) is 1.40. The maximum atomic E-state index is 11.9. The summed E-state index contributed by atoms with van der Waals surface area (Å²) in [5, 5.41) is 2.34. The number of rotatable bonds is 0. The Morgan fingerprint density at radius 1 is 0.842 bits per heavy atom. The van der Waals surface area contributed by atoms with Gasteiger partial charge in [-0.3, -0.25) is 9.59 Å². The van der Waals surface area contributed by atoms with Crippen LogP contribution in [0.3, 0.4) is 0 Å². The third-order valence-electron chi connectivity index (χ3n) is 3.46. The highest BCUT2D eigenvalue weighted by Gasteiger charge is 2.23. The number of hydrogen-bond acceptors (Lipinski definition) is 3. The van der Waals surface area contributed by atoms with Gasteiger partial charge in [-0.15, -0.1) is 11.3 Å². The van der Waals surface area contributed by atoms with E-state index in [-0.39, 0.29) is 0 Å². The van der Waals surface area contributed by atoms with Crippen molar-refractivity contribution in [3.8, 4) is 0 Å². The van der Waals surface area contributed by atoms with Crippen molar-refractivity contribution < 1.29 is 9.59 Å². The normalized spacial score (nSPS) is 14.3. The van der Waals surface area contributed by atoms with E-state index < -0.39 is 11.6 Å². The lowest BCUT2D eigenvalue weighted by Crippen LogP contribution is -2.15. The molecule has 0 fully saturated rings. The number of ketones is 2. The van der Waals surface area contributed by atoms with Crippen LogP contribution in [0.4, 0.5) is 0 Å². The minimum absolute atomic E-state index is 0.406. The van der Waals surface area contributed by atoms with Crippen LogP contribution in [0.5, 0.6) is 0 Å². The summed E-state index contributed by atoms with van der Waals surface area (Å²) >= 11 is 1.66. The van der Waals surface area contributed by atoms with Crippen LogP contribution in [0.15, 0.2) is 42.5 Å². The third-order valence-corrected chi connectivity index (χ3v) is 4.67. The summed E-state index contributed by atoms with van der Waals surface area (Å²) in [5.74, 6) is -0.843. The van der Waals surface area contributed by atoms with Crippen molar-refractivity contribution in [3.63, 3.8) is 0 Å². The average Bonchev–Trinajstić information content (AvgIpc) is 2.81. The Morgan fingerprint density at radius 3 is 2.58 bits per heavy atom. The molecule has 0 saturated heterocycles.